The molecular weight excluding hydrogens is 274 g/mol. The van der Waals surface area contributed by atoms with E-state index in [1.165, 1.54) is 0 Å². The summed E-state index contributed by atoms with van der Waals surface area (Å²) in [6.07, 6.45) is 1.75. The Hall–Kier alpha value is -1.45. The fourth-order valence-electron chi connectivity index (χ4n) is 2.06. The van der Waals surface area contributed by atoms with E-state index in [1.807, 2.05) is 45.0 Å². The highest BCUT2D eigenvalue weighted by Gasteiger charge is 2.08. The van der Waals surface area contributed by atoms with Gasteiger partial charge in [-0.05, 0) is 56.2 Å². The smallest absolute Gasteiger partial charge is 0.120 e. The lowest BCUT2D eigenvalue weighted by atomic mass is 10.1. The van der Waals surface area contributed by atoms with Crippen LogP contribution >= 0.6 is 11.6 Å². The Morgan fingerprint density at radius 1 is 1.30 bits per heavy atom. The monoisotopic (exact) mass is 293 g/mol. The minimum atomic E-state index is 0.0740. The second kappa shape index (κ2) is 6.82. The number of nitrogens with one attached hydrogen (secondary N) is 1. The number of hydrogen-bond acceptors (Lipinski definition) is 3. The molecule has 0 amide bonds. The number of benzene rings is 1. The van der Waals surface area contributed by atoms with Crippen molar-refractivity contribution >= 4 is 11.6 Å². The van der Waals surface area contributed by atoms with E-state index in [0.717, 1.165) is 34.2 Å². The van der Waals surface area contributed by atoms with Gasteiger partial charge in [0.1, 0.15) is 17.6 Å². The van der Waals surface area contributed by atoms with Gasteiger partial charge in [-0.2, -0.15) is 0 Å². The van der Waals surface area contributed by atoms with Gasteiger partial charge < -0.3 is 14.5 Å². The molecule has 1 N–H and O–H groups in total. The molecule has 1 heterocycles. The van der Waals surface area contributed by atoms with E-state index >= 15 is 0 Å². The second-order valence-electron chi connectivity index (χ2n) is 5.01. The van der Waals surface area contributed by atoms with E-state index in [-0.39, 0.29) is 6.10 Å². The second-order valence-corrected chi connectivity index (χ2v) is 5.39. The van der Waals surface area contributed by atoms with Crippen LogP contribution in [0.5, 0.6) is 5.75 Å². The Balaban J connectivity index is 1.83. The molecule has 0 aliphatic carbocycles. The van der Waals surface area contributed by atoms with Gasteiger partial charge in [-0.3, -0.25) is 0 Å². The van der Waals surface area contributed by atoms with E-state index in [4.69, 9.17) is 20.8 Å². The number of aryl methyl sites for hydroxylation is 2. The minimum absolute atomic E-state index is 0.0740. The van der Waals surface area contributed by atoms with Crippen molar-refractivity contribution < 1.29 is 9.15 Å². The average molecular weight is 294 g/mol. The van der Waals surface area contributed by atoms with Gasteiger partial charge in [0.05, 0.1) is 12.8 Å². The predicted molar refractivity (Wildman–Crippen MR) is 81.4 cm³/mol. The molecule has 1 atom stereocenters. The van der Waals surface area contributed by atoms with Crippen LogP contribution in [0.25, 0.3) is 0 Å². The predicted octanol–water partition coefficient (Wildman–Crippen LogP) is 4.11. The maximum Gasteiger partial charge on any atom is 0.120 e. The zero-order valence-corrected chi connectivity index (χ0v) is 12.8. The van der Waals surface area contributed by atoms with Gasteiger partial charge in [-0.25, -0.2) is 0 Å². The quantitative estimate of drug-likeness (QED) is 0.870. The molecule has 0 radical (unpaired) electrons. The van der Waals surface area contributed by atoms with Gasteiger partial charge in [-0.1, -0.05) is 11.6 Å². The third-order valence-corrected chi connectivity index (χ3v) is 3.65. The Labute approximate surface area is 124 Å². The Bertz CT molecular complexity index is 529. The Morgan fingerprint density at radius 2 is 2.00 bits per heavy atom. The fourth-order valence-corrected chi connectivity index (χ4v) is 2.17. The first-order valence-electron chi connectivity index (χ1n) is 6.72. The summed E-state index contributed by atoms with van der Waals surface area (Å²) >= 11 is 6.15. The van der Waals surface area contributed by atoms with Gasteiger partial charge in [-0.15, -0.1) is 0 Å². The molecule has 0 saturated heterocycles. The molecule has 108 valence electrons. The van der Waals surface area contributed by atoms with Crippen LogP contribution in [0.1, 0.15) is 23.8 Å². The lowest BCUT2D eigenvalue weighted by Crippen LogP contribution is -2.28. The van der Waals surface area contributed by atoms with E-state index in [1.54, 1.807) is 6.26 Å². The zero-order chi connectivity index (χ0) is 14.5. The summed E-state index contributed by atoms with van der Waals surface area (Å²) < 4.78 is 11.2. The van der Waals surface area contributed by atoms with Gasteiger partial charge in [0.25, 0.3) is 0 Å². The van der Waals surface area contributed by atoms with E-state index in [2.05, 4.69) is 5.32 Å². The molecule has 2 aromatic rings. The molecule has 4 heteroatoms. The molecule has 1 unspecified atom stereocenters. The summed E-state index contributed by atoms with van der Waals surface area (Å²) in [5.41, 5.74) is 2.08. The highest BCUT2D eigenvalue weighted by atomic mass is 35.5. The van der Waals surface area contributed by atoms with E-state index < -0.39 is 0 Å². The van der Waals surface area contributed by atoms with Crippen molar-refractivity contribution in [2.75, 3.05) is 6.54 Å². The molecule has 1 aromatic heterocycles. The molecule has 1 aromatic carbocycles. The number of hydrogen-bond donors (Lipinski definition) is 1. The topological polar surface area (TPSA) is 34.4 Å². The van der Waals surface area contributed by atoms with Crippen molar-refractivity contribution in [2.45, 2.75) is 33.4 Å². The maximum absolute atomic E-state index is 6.15. The molecule has 0 aliphatic heterocycles. The van der Waals surface area contributed by atoms with Crippen molar-refractivity contribution in [3.05, 3.63) is 52.4 Å². The van der Waals surface area contributed by atoms with Gasteiger partial charge in [0, 0.05) is 11.6 Å². The average Bonchev–Trinajstić information content (AvgIpc) is 2.89. The lowest BCUT2D eigenvalue weighted by molar-refractivity contribution is 0.215. The molecule has 0 fully saturated rings. The largest absolute Gasteiger partial charge is 0.489 e. The zero-order valence-electron chi connectivity index (χ0n) is 12.1. The van der Waals surface area contributed by atoms with E-state index in [0.29, 0.717) is 6.54 Å². The Morgan fingerprint density at radius 3 is 2.60 bits per heavy atom. The van der Waals surface area contributed by atoms with Crippen LogP contribution in [0.3, 0.4) is 0 Å². The molecule has 20 heavy (non-hydrogen) atoms. The summed E-state index contributed by atoms with van der Waals surface area (Å²) in [6.45, 7) is 7.47. The van der Waals surface area contributed by atoms with Gasteiger partial charge >= 0.3 is 0 Å². The number of rotatable bonds is 6. The van der Waals surface area contributed by atoms with Crippen LogP contribution in [0, 0.1) is 13.8 Å². The normalized spacial score (nSPS) is 12.4. The first kappa shape index (κ1) is 14.9. The molecular formula is C16H20ClNO2. The van der Waals surface area contributed by atoms with Gasteiger partial charge in [0.2, 0.25) is 0 Å². The summed E-state index contributed by atoms with van der Waals surface area (Å²) in [5, 5.41) is 4.11. The SMILES string of the molecule is Cc1cc(OC(C)CNCc2ccco2)cc(C)c1Cl. The van der Waals surface area contributed by atoms with Crippen molar-refractivity contribution in [1.29, 1.82) is 0 Å². The van der Waals surface area contributed by atoms with Crippen molar-refractivity contribution in [3.8, 4) is 5.75 Å². The standard InChI is InChI=1S/C16H20ClNO2/c1-11-7-15(8-12(2)16(11)17)20-13(3)9-18-10-14-5-4-6-19-14/h4-8,13,18H,9-10H2,1-3H3. The molecule has 0 saturated carbocycles. The maximum atomic E-state index is 6.15. The van der Waals surface area contributed by atoms with Crippen molar-refractivity contribution in [1.82, 2.24) is 5.32 Å². The van der Waals surface area contributed by atoms with Crippen LogP contribution in [0.2, 0.25) is 5.02 Å². The van der Waals surface area contributed by atoms with Gasteiger partial charge in [0.15, 0.2) is 0 Å². The molecule has 0 spiro atoms. The molecule has 0 bridgehead atoms. The number of furan rings is 1. The van der Waals surface area contributed by atoms with Crippen molar-refractivity contribution in [2.24, 2.45) is 0 Å². The minimum Gasteiger partial charge on any atom is -0.489 e. The lowest BCUT2D eigenvalue weighted by Gasteiger charge is -2.16. The third kappa shape index (κ3) is 4.02. The first-order chi connectivity index (χ1) is 9.56. The van der Waals surface area contributed by atoms with E-state index in [9.17, 15) is 0 Å². The highest BCUT2D eigenvalue weighted by molar-refractivity contribution is 6.32. The van der Waals surface area contributed by atoms with Crippen LogP contribution in [0.15, 0.2) is 34.9 Å². The number of halogens is 1. The summed E-state index contributed by atoms with van der Waals surface area (Å²) in [7, 11) is 0. The third-order valence-electron chi connectivity index (χ3n) is 3.06. The first-order valence-corrected chi connectivity index (χ1v) is 7.10. The molecule has 0 aliphatic rings. The molecule has 2 rings (SSSR count). The van der Waals surface area contributed by atoms with Crippen LogP contribution in [-0.4, -0.2) is 12.6 Å². The molecule has 3 nitrogen and oxygen atoms in total. The number of ether oxygens (including phenoxy) is 1. The summed E-state index contributed by atoms with van der Waals surface area (Å²) in [6, 6.07) is 7.78. The Kier molecular flexibility index (Phi) is 5.10. The fraction of sp³-hybridized carbons (Fsp3) is 0.375. The highest BCUT2D eigenvalue weighted by Crippen LogP contribution is 2.26. The summed E-state index contributed by atoms with van der Waals surface area (Å²) in [5.74, 6) is 1.78. The van der Waals surface area contributed by atoms with Crippen molar-refractivity contribution in [3.63, 3.8) is 0 Å². The summed E-state index contributed by atoms with van der Waals surface area (Å²) in [4.78, 5) is 0. The van der Waals surface area contributed by atoms with Crippen LogP contribution in [-0.2, 0) is 6.54 Å². The van der Waals surface area contributed by atoms with Crippen LogP contribution < -0.4 is 10.1 Å². The van der Waals surface area contributed by atoms with Crippen LogP contribution in [0.4, 0.5) is 0 Å².